The maximum Gasteiger partial charge on any atom is 0.326 e. The SMILES string of the molecule is CCn1nc(C)cc1C(=O)N1CCCCC1C(=O)O. The first-order chi connectivity index (χ1) is 9.04. The molecule has 0 spiro atoms. The fourth-order valence-corrected chi connectivity index (χ4v) is 2.54. The number of carboxylic acid groups (broad SMARTS) is 1. The van der Waals surface area contributed by atoms with Gasteiger partial charge in [0.05, 0.1) is 5.69 Å². The van der Waals surface area contributed by atoms with Gasteiger partial charge in [0.1, 0.15) is 11.7 Å². The van der Waals surface area contributed by atoms with Crippen LogP contribution in [0.2, 0.25) is 0 Å². The van der Waals surface area contributed by atoms with E-state index >= 15 is 0 Å². The molecule has 1 aromatic rings. The second-order valence-electron chi connectivity index (χ2n) is 4.84. The fourth-order valence-electron chi connectivity index (χ4n) is 2.54. The van der Waals surface area contributed by atoms with Gasteiger partial charge >= 0.3 is 5.97 Å². The monoisotopic (exact) mass is 265 g/mol. The molecule has 1 atom stereocenters. The molecule has 0 aliphatic carbocycles. The predicted octanol–water partition coefficient (Wildman–Crippen LogP) is 1.29. The Balaban J connectivity index is 2.28. The number of amides is 1. The van der Waals surface area contributed by atoms with Crippen LogP contribution in [0.3, 0.4) is 0 Å². The molecule has 0 aromatic carbocycles. The van der Waals surface area contributed by atoms with Gasteiger partial charge < -0.3 is 10.0 Å². The Labute approximate surface area is 112 Å². The molecule has 2 heterocycles. The third-order valence-electron chi connectivity index (χ3n) is 3.47. The number of rotatable bonds is 3. The average molecular weight is 265 g/mol. The number of aliphatic carboxylic acids is 1. The molecule has 104 valence electrons. The Kier molecular flexibility index (Phi) is 3.87. The topological polar surface area (TPSA) is 75.4 Å². The highest BCUT2D eigenvalue weighted by Crippen LogP contribution is 2.20. The Morgan fingerprint density at radius 1 is 1.47 bits per heavy atom. The summed E-state index contributed by atoms with van der Waals surface area (Å²) in [4.78, 5) is 25.2. The fraction of sp³-hybridized carbons (Fsp3) is 0.615. The number of aromatic nitrogens is 2. The van der Waals surface area contributed by atoms with Crippen molar-refractivity contribution in [3.05, 3.63) is 17.5 Å². The number of aryl methyl sites for hydroxylation is 2. The standard InChI is InChI=1S/C13H19N3O3/c1-3-16-11(8-9(2)14-16)12(17)15-7-5-4-6-10(15)13(18)19/h8,10H,3-7H2,1-2H3,(H,18,19). The zero-order chi connectivity index (χ0) is 14.0. The Morgan fingerprint density at radius 3 is 2.84 bits per heavy atom. The van der Waals surface area contributed by atoms with E-state index in [4.69, 9.17) is 0 Å². The van der Waals surface area contributed by atoms with Crippen molar-refractivity contribution in [3.8, 4) is 0 Å². The first-order valence-electron chi connectivity index (χ1n) is 6.62. The van der Waals surface area contributed by atoms with Gasteiger partial charge in [-0.05, 0) is 39.2 Å². The van der Waals surface area contributed by atoms with Crippen molar-refractivity contribution in [2.45, 2.75) is 45.7 Å². The number of hydrogen-bond donors (Lipinski definition) is 1. The summed E-state index contributed by atoms with van der Waals surface area (Å²) in [5, 5.41) is 13.5. The van der Waals surface area contributed by atoms with E-state index in [1.54, 1.807) is 10.7 Å². The lowest BCUT2D eigenvalue weighted by molar-refractivity contribution is -0.143. The molecule has 0 saturated carbocycles. The van der Waals surface area contributed by atoms with E-state index in [2.05, 4.69) is 5.10 Å². The van der Waals surface area contributed by atoms with Crippen LogP contribution in [0.1, 0.15) is 42.4 Å². The van der Waals surface area contributed by atoms with E-state index in [0.29, 0.717) is 25.2 Å². The molecule has 0 radical (unpaired) electrons. The first kappa shape index (κ1) is 13.6. The number of carboxylic acids is 1. The van der Waals surface area contributed by atoms with E-state index in [1.807, 2.05) is 13.8 Å². The second kappa shape index (κ2) is 5.42. The molecule has 1 saturated heterocycles. The van der Waals surface area contributed by atoms with Gasteiger partial charge in [-0.15, -0.1) is 0 Å². The van der Waals surface area contributed by atoms with Crippen molar-refractivity contribution in [3.63, 3.8) is 0 Å². The van der Waals surface area contributed by atoms with Crippen LogP contribution in [0.4, 0.5) is 0 Å². The van der Waals surface area contributed by atoms with E-state index in [0.717, 1.165) is 18.5 Å². The smallest absolute Gasteiger partial charge is 0.326 e. The van der Waals surface area contributed by atoms with E-state index in [-0.39, 0.29) is 5.91 Å². The van der Waals surface area contributed by atoms with Crippen molar-refractivity contribution in [1.29, 1.82) is 0 Å². The number of piperidine rings is 1. The normalized spacial score (nSPS) is 19.5. The van der Waals surface area contributed by atoms with Crippen LogP contribution in [-0.2, 0) is 11.3 Å². The van der Waals surface area contributed by atoms with Gasteiger partial charge in [-0.3, -0.25) is 9.48 Å². The van der Waals surface area contributed by atoms with Gasteiger partial charge in [-0.25, -0.2) is 4.79 Å². The lowest BCUT2D eigenvalue weighted by atomic mass is 10.0. The van der Waals surface area contributed by atoms with E-state index in [9.17, 15) is 14.7 Å². The van der Waals surface area contributed by atoms with Gasteiger partial charge in [0, 0.05) is 13.1 Å². The van der Waals surface area contributed by atoms with Gasteiger partial charge in [0.25, 0.3) is 5.91 Å². The van der Waals surface area contributed by atoms with Crippen molar-refractivity contribution in [2.75, 3.05) is 6.54 Å². The van der Waals surface area contributed by atoms with Crippen molar-refractivity contribution >= 4 is 11.9 Å². The first-order valence-corrected chi connectivity index (χ1v) is 6.62. The third kappa shape index (κ3) is 2.62. The molecule has 1 fully saturated rings. The Morgan fingerprint density at radius 2 is 2.21 bits per heavy atom. The molecule has 1 aromatic heterocycles. The van der Waals surface area contributed by atoms with Crippen molar-refractivity contribution in [1.82, 2.24) is 14.7 Å². The van der Waals surface area contributed by atoms with Crippen molar-refractivity contribution in [2.24, 2.45) is 0 Å². The molecule has 1 amide bonds. The van der Waals surface area contributed by atoms with E-state index in [1.165, 1.54) is 4.90 Å². The number of likely N-dealkylation sites (tertiary alicyclic amines) is 1. The van der Waals surface area contributed by atoms with Gasteiger partial charge in [0.15, 0.2) is 0 Å². The summed E-state index contributed by atoms with van der Waals surface area (Å²) in [6, 6.07) is 1.01. The third-order valence-corrected chi connectivity index (χ3v) is 3.47. The molecular formula is C13H19N3O3. The maximum atomic E-state index is 12.5. The number of carbonyl (C=O) groups excluding carboxylic acids is 1. The summed E-state index contributed by atoms with van der Waals surface area (Å²) in [7, 11) is 0. The van der Waals surface area contributed by atoms with Gasteiger partial charge in [-0.2, -0.15) is 5.10 Å². The minimum absolute atomic E-state index is 0.227. The molecule has 1 aliphatic rings. The summed E-state index contributed by atoms with van der Waals surface area (Å²) < 4.78 is 1.63. The highest BCUT2D eigenvalue weighted by Gasteiger charge is 2.33. The van der Waals surface area contributed by atoms with Crippen LogP contribution in [0, 0.1) is 6.92 Å². The lowest BCUT2D eigenvalue weighted by Gasteiger charge is -2.32. The van der Waals surface area contributed by atoms with E-state index < -0.39 is 12.0 Å². The highest BCUT2D eigenvalue weighted by atomic mass is 16.4. The van der Waals surface area contributed by atoms with Crippen molar-refractivity contribution < 1.29 is 14.7 Å². The van der Waals surface area contributed by atoms with Crippen LogP contribution in [0.25, 0.3) is 0 Å². The Bertz CT molecular complexity index is 495. The molecule has 1 aliphatic heterocycles. The summed E-state index contributed by atoms with van der Waals surface area (Å²) in [5.41, 5.74) is 1.25. The van der Waals surface area contributed by atoms with Crippen LogP contribution >= 0.6 is 0 Å². The summed E-state index contributed by atoms with van der Waals surface area (Å²) >= 11 is 0. The summed E-state index contributed by atoms with van der Waals surface area (Å²) in [6.45, 7) is 4.84. The zero-order valence-corrected chi connectivity index (χ0v) is 11.3. The lowest BCUT2D eigenvalue weighted by Crippen LogP contribution is -2.48. The largest absolute Gasteiger partial charge is 0.480 e. The second-order valence-corrected chi connectivity index (χ2v) is 4.84. The average Bonchev–Trinajstić information content (AvgIpc) is 2.79. The summed E-state index contributed by atoms with van der Waals surface area (Å²) in [6.07, 6.45) is 2.24. The quantitative estimate of drug-likeness (QED) is 0.893. The molecule has 19 heavy (non-hydrogen) atoms. The minimum atomic E-state index is -0.924. The number of hydrogen-bond acceptors (Lipinski definition) is 3. The molecular weight excluding hydrogens is 246 g/mol. The molecule has 2 rings (SSSR count). The van der Waals surface area contributed by atoms with Gasteiger partial charge in [0.2, 0.25) is 0 Å². The Hall–Kier alpha value is -1.85. The summed E-state index contributed by atoms with van der Waals surface area (Å²) in [5.74, 6) is -1.15. The minimum Gasteiger partial charge on any atom is -0.480 e. The number of carbonyl (C=O) groups is 2. The predicted molar refractivity (Wildman–Crippen MR) is 68.9 cm³/mol. The molecule has 6 nitrogen and oxygen atoms in total. The molecule has 1 N–H and O–H groups in total. The maximum absolute atomic E-state index is 12.5. The molecule has 6 heteroatoms. The number of nitrogens with zero attached hydrogens (tertiary/aromatic N) is 3. The van der Waals surface area contributed by atoms with Crippen LogP contribution in [0.5, 0.6) is 0 Å². The van der Waals surface area contributed by atoms with Crippen LogP contribution in [-0.4, -0.2) is 44.3 Å². The van der Waals surface area contributed by atoms with Crippen LogP contribution in [0.15, 0.2) is 6.07 Å². The van der Waals surface area contributed by atoms with Gasteiger partial charge in [-0.1, -0.05) is 0 Å². The van der Waals surface area contributed by atoms with Crippen LogP contribution < -0.4 is 0 Å². The zero-order valence-electron chi connectivity index (χ0n) is 11.3. The molecule has 0 bridgehead atoms. The highest BCUT2D eigenvalue weighted by molar-refractivity contribution is 5.95. The molecule has 1 unspecified atom stereocenters.